The fourth-order valence-corrected chi connectivity index (χ4v) is 3.96. The summed E-state index contributed by atoms with van der Waals surface area (Å²) in [5, 5.41) is 1.12. The molecule has 2 N–H and O–H groups in total. The van der Waals surface area contributed by atoms with Gasteiger partial charge >= 0.3 is 0 Å². The maximum absolute atomic E-state index is 12.7. The third-order valence-electron chi connectivity index (χ3n) is 3.73. The fraction of sp³-hybridized carbons (Fsp3) is 0.333. The smallest absolute Gasteiger partial charge is 0.264 e. The second-order valence-electron chi connectivity index (χ2n) is 5.06. The zero-order chi connectivity index (χ0) is 14.1. The van der Waals surface area contributed by atoms with E-state index in [1.54, 1.807) is 0 Å². The van der Waals surface area contributed by atoms with Crippen LogP contribution in [0.15, 0.2) is 30.3 Å². The maximum Gasteiger partial charge on any atom is 0.264 e. The highest BCUT2D eigenvalue weighted by molar-refractivity contribution is 7.80. The van der Waals surface area contributed by atoms with E-state index in [4.69, 9.17) is 18.0 Å². The van der Waals surface area contributed by atoms with Gasteiger partial charge in [0.05, 0.1) is 15.9 Å². The molecule has 0 saturated carbocycles. The normalized spacial score (nSPS) is 19.2. The van der Waals surface area contributed by atoms with Crippen molar-refractivity contribution in [3.05, 3.63) is 35.2 Å². The van der Waals surface area contributed by atoms with Crippen molar-refractivity contribution in [2.75, 3.05) is 6.54 Å². The lowest BCUT2D eigenvalue weighted by atomic mass is 10.0. The number of thiophene rings is 1. The molecule has 104 valence electrons. The first-order valence-electron chi connectivity index (χ1n) is 6.75. The fourth-order valence-electron chi connectivity index (χ4n) is 2.70. The number of amides is 1. The Kier molecular flexibility index (Phi) is 3.72. The van der Waals surface area contributed by atoms with Crippen molar-refractivity contribution < 1.29 is 4.79 Å². The molecule has 1 amide bonds. The SMILES string of the molecule is NC(=S)C1CCCCN1C(=O)c1cc2ccccc2s1. The van der Waals surface area contributed by atoms with E-state index < -0.39 is 0 Å². The van der Waals surface area contributed by atoms with Crippen LogP contribution in [0.25, 0.3) is 10.1 Å². The van der Waals surface area contributed by atoms with Crippen molar-refractivity contribution in [2.45, 2.75) is 25.3 Å². The first kappa shape index (κ1) is 13.5. The number of nitrogens with zero attached hydrogens (tertiary/aromatic N) is 1. The lowest BCUT2D eigenvalue weighted by Crippen LogP contribution is -2.49. The molecule has 20 heavy (non-hydrogen) atoms. The molecule has 3 rings (SSSR count). The second-order valence-corrected chi connectivity index (χ2v) is 6.62. The summed E-state index contributed by atoms with van der Waals surface area (Å²) in [5.41, 5.74) is 5.79. The molecule has 1 atom stereocenters. The molecule has 2 aromatic rings. The number of hydrogen-bond acceptors (Lipinski definition) is 3. The van der Waals surface area contributed by atoms with Crippen molar-refractivity contribution in [1.29, 1.82) is 0 Å². The number of likely N-dealkylation sites (tertiary alicyclic amines) is 1. The first-order chi connectivity index (χ1) is 9.66. The average Bonchev–Trinajstić information content (AvgIpc) is 2.90. The minimum absolute atomic E-state index is 0.0590. The van der Waals surface area contributed by atoms with Crippen LogP contribution in [0.4, 0.5) is 0 Å². The molecule has 1 saturated heterocycles. The number of carbonyl (C=O) groups is 1. The maximum atomic E-state index is 12.7. The van der Waals surface area contributed by atoms with Gasteiger partial charge in [-0.25, -0.2) is 0 Å². The lowest BCUT2D eigenvalue weighted by molar-refractivity contribution is 0.0686. The highest BCUT2D eigenvalue weighted by Crippen LogP contribution is 2.28. The predicted octanol–water partition coefficient (Wildman–Crippen LogP) is 3.18. The van der Waals surface area contributed by atoms with Gasteiger partial charge < -0.3 is 10.6 Å². The van der Waals surface area contributed by atoms with E-state index in [1.807, 2.05) is 35.2 Å². The van der Waals surface area contributed by atoms with Gasteiger partial charge in [-0.2, -0.15) is 0 Å². The number of piperidine rings is 1. The van der Waals surface area contributed by atoms with Crippen LogP contribution in [0.3, 0.4) is 0 Å². The van der Waals surface area contributed by atoms with Gasteiger partial charge in [0.15, 0.2) is 0 Å². The Balaban J connectivity index is 1.92. The molecule has 1 fully saturated rings. The monoisotopic (exact) mass is 304 g/mol. The van der Waals surface area contributed by atoms with E-state index in [9.17, 15) is 4.79 Å². The molecule has 0 aliphatic carbocycles. The van der Waals surface area contributed by atoms with Crippen LogP contribution in [0.1, 0.15) is 28.9 Å². The summed E-state index contributed by atoms with van der Waals surface area (Å²) in [6, 6.07) is 9.93. The largest absolute Gasteiger partial charge is 0.392 e. The Labute approximate surface area is 127 Å². The quantitative estimate of drug-likeness (QED) is 0.867. The van der Waals surface area contributed by atoms with Crippen LogP contribution in [-0.4, -0.2) is 28.4 Å². The van der Waals surface area contributed by atoms with Gasteiger partial charge in [0.2, 0.25) is 0 Å². The van der Waals surface area contributed by atoms with Gasteiger partial charge in [0.1, 0.15) is 0 Å². The van der Waals surface area contributed by atoms with E-state index in [0.29, 0.717) is 4.99 Å². The summed E-state index contributed by atoms with van der Waals surface area (Å²) in [4.78, 5) is 15.8. The Morgan fingerprint density at radius 2 is 2.15 bits per heavy atom. The van der Waals surface area contributed by atoms with Crippen LogP contribution in [0.5, 0.6) is 0 Å². The Morgan fingerprint density at radius 3 is 2.90 bits per heavy atom. The number of rotatable bonds is 2. The van der Waals surface area contributed by atoms with Crippen molar-refractivity contribution in [3.63, 3.8) is 0 Å². The van der Waals surface area contributed by atoms with E-state index >= 15 is 0 Å². The third-order valence-corrected chi connectivity index (χ3v) is 5.10. The number of hydrogen-bond donors (Lipinski definition) is 1. The molecule has 3 nitrogen and oxygen atoms in total. The minimum Gasteiger partial charge on any atom is -0.392 e. The summed E-state index contributed by atoms with van der Waals surface area (Å²) in [7, 11) is 0. The molecule has 0 bridgehead atoms. The lowest BCUT2D eigenvalue weighted by Gasteiger charge is -2.34. The van der Waals surface area contributed by atoms with Gasteiger partial charge in [0.25, 0.3) is 5.91 Å². The van der Waals surface area contributed by atoms with Crippen LogP contribution >= 0.6 is 23.6 Å². The molecular formula is C15H16N2OS2. The number of benzene rings is 1. The third kappa shape index (κ3) is 2.43. The van der Waals surface area contributed by atoms with E-state index in [1.165, 1.54) is 11.3 Å². The second kappa shape index (κ2) is 5.50. The molecular weight excluding hydrogens is 288 g/mol. The predicted molar refractivity (Wildman–Crippen MR) is 87.3 cm³/mol. The van der Waals surface area contributed by atoms with E-state index in [2.05, 4.69) is 0 Å². The van der Waals surface area contributed by atoms with Gasteiger partial charge in [0, 0.05) is 11.2 Å². The van der Waals surface area contributed by atoms with Crippen LogP contribution in [0, 0.1) is 0 Å². The number of carbonyl (C=O) groups excluding carboxylic acids is 1. The summed E-state index contributed by atoms with van der Waals surface area (Å²) < 4.78 is 1.14. The zero-order valence-electron chi connectivity index (χ0n) is 11.0. The number of fused-ring (bicyclic) bond motifs is 1. The molecule has 1 aliphatic heterocycles. The Hall–Kier alpha value is -1.46. The van der Waals surface area contributed by atoms with E-state index in [-0.39, 0.29) is 11.9 Å². The van der Waals surface area contributed by atoms with Gasteiger partial charge in [-0.15, -0.1) is 11.3 Å². The highest BCUT2D eigenvalue weighted by atomic mass is 32.1. The topological polar surface area (TPSA) is 46.3 Å². The first-order valence-corrected chi connectivity index (χ1v) is 7.98. The summed E-state index contributed by atoms with van der Waals surface area (Å²) in [6.07, 6.45) is 2.99. The molecule has 1 unspecified atom stereocenters. The minimum atomic E-state index is -0.0866. The van der Waals surface area contributed by atoms with Crippen molar-refractivity contribution in [2.24, 2.45) is 5.73 Å². The van der Waals surface area contributed by atoms with Gasteiger partial charge in [-0.3, -0.25) is 4.79 Å². The van der Waals surface area contributed by atoms with Crippen molar-refractivity contribution in [3.8, 4) is 0 Å². The number of nitrogens with two attached hydrogens (primary N) is 1. The van der Waals surface area contributed by atoms with Gasteiger partial charge in [-0.05, 0) is 36.8 Å². The van der Waals surface area contributed by atoms with Crippen molar-refractivity contribution in [1.82, 2.24) is 4.90 Å². The highest BCUT2D eigenvalue weighted by Gasteiger charge is 2.30. The summed E-state index contributed by atoms with van der Waals surface area (Å²) in [5.74, 6) is 0.0590. The molecule has 1 aromatic carbocycles. The Morgan fingerprint density at radius 1 is 1.35 bits per heavy atom. The molecule has 5 heteroatoms. The molecule has 2 heterocycles. The van der Waals surface area contributed by atoms with Crippen molar-refractivity contribution >= 4 is 44.5 Å². The standard InChI is InChI=1S/C15H16N2OS2/c16-14(19)11-6-3-4-8-17(11)15(18)13-9-10-5-1-2-7-12(10)20-13/h1-2,5,7,9,11H,3-4,6,8H2,(H2,16,19). The molecule has 0 spiro atoms. The summed E-state index contributed by atoms with van der Waals surface area (Å²) >= 11 is 6.65. The molecule has 1 aromatic heterocycles. The zero-order valence-corrected chi connectivity index (χ0v) is 12.7. The van der Waals surface area contributed by atoms with Crippen LogP contribution in [0.2, 0.25) is 0 Å². The summed E-state index contributed by atoms with van der Waals surface area (Å²) in [6.45, 7) is 0.745. The number of thiocarbonyl (C=S) groups is 1. The average molecular weight is 304 g/mol. The van der Waals surface area contributed by atoms with Crippen LogP contribution in [-0.2, 0) is 0 Å². The van der Waals surface area contributed by atoms with E-state index in [0.717, 1.165) is 40.8 Å². The van der Waals surface area contributed by atoms with Gasteiger partial charge in [-0.1, -0.05) is 30.4 Å². The molecule has 0 radical (unpaired) electrons. The van der Waals surface area contributed by atoms with Crippen LogP contribution < -0.4 is 5.73 Å². The Bertz CT molecular complexity index is 632. The molecule has 1 aliphatic rings.